The summed E-state index contributed by atoms with van der Waals surface area (Å²) < 4.78 is 0. The molecule has 0 saturated carbocycles. The van der Waals surface area contributed by atoms with Crippen LogP contribution in [0, 0.1) is 0 Å². The van der Waals surface area contributed by atoms with Crippen LogP contribution < -0.4 is 0 Å². The van der Waals surface area contributed by atoms with Gasteiger partial charge in [-0.3, -0.25) is 0 Å². The van der Waals surface area contributed by atoms with Crippen molar-refractivity contribution in [3.63, 3.8) is 0 Å². The van der Waals surface area contributed by atoms with Crippen molar-refractivity contribution in [2.24, 2.45) is 0 Å². The second kappa shape index (κ2) is 59.1. The number of alkyl halides is 1. The fourth-order valence-corrected chi connectivity index (χ4v) is 11.4. The van der Waals surface area contributed by atoms with Crippen LogP contribution in [0.25, 0.3) is 0 Å². The molecule has 0 aromatic heterocycles. The van der Waals surface area contributed by atoms with Gasteiger partial charge in [0.15, 0.2) is 0 Å². The van der Waals surface area contributed by atoms with E-state index in [0.717, 1.165) is 6.42 Å². The van der Waals surface area contributed by atoms with Crippen molar-refractivity contribution in [2.45, 2.75) is 391 Å². The summed E-state index contributed by atoms with van der Waals surface area (Å²) in [4.78, 5) is 0. The first-order chi connectivity index (χ1) is 33.8. The van der Waals surface area contributed by atoms with E-state index in [0.29, 0.717) is 0 Å². The van der Waals surface area contributed by atoms with Crippen molar-refractivity contribution < 1.29 is 0 Å². The molecule has 68 heavy (non-hydrogen) atoms. The van der Waals surface area contributed by atoms with Crippen LogP contribution in [0.5, 0.6) is 0 Å². The summed E-state index contributed by atoms with van der Waals surface area (Å²) in [5.41, 5.74) is 1.28. The van der Waals surface area contributed by atoms with Crippen molar-refractivity contribution in [2.75, 3.05) is 0 Å². The third kappa shape index (κ3) is 53.3. The zero-order chi connectivity index (χ0) is 48.4. The minimum atomic E-state index is 0.192. The molecule has 0 N–H and O–H groups in total. The van der Waals surface area contributed by atoms with Gasteiger partial charge in [-0.2, -0.15) is 0 Å². The number of benzene rings is 1. The Kier molecular flexibility index (Phi) is 56.9. The van der Waals surface area contributed by atoms with Crippen LogP contribution in [0.3, 0.4) is 0 Å². The zero-order valence-corrected chi connectivity index (χ0v) is 47.8. The number of halogens is 1. The van der Waals surface area contributed by atoms with Crippen LogP contribution in [-0.2, 0) is 0 Å². The summed E-state index contributed by atoms with van der Waals surface area (Å²) >= 11 is 6.56. The third-order valence-electron chi connectivity index (χ3n) is 16.0. The van der Waals surface area contributed by atoms with Gasteiger partial charge in [-0.25, -0.2) is 0 Å². The summed E-state index contributed by atoms with van der Waals surface area (Å²) in [7, 11) is 0. The highest BCUT2D eigenvalue weighted by Crippen LogP contribution is 2.27. The van der Waals surface area contributed by atoms with Crippen LogP contribution >= 0.6 is 11.6 Å². The first-order valence-corrected chi connectivity index (χ1v) is 33.0. The Morgan fingerprint density at radius 1 is 0.221 bits per heavy atom. The minimum absolute atomic E-state index is 0.192. The Bertz CT molecular complexity index is 1000. The molecule has 1 rings (SSSR count). The van der Waals surface area contributed by atoms with E-state index in [-0.39, 0.29) is 5.38 Å². The number of unbranched alkanes of at least 4 members (excludes halogenated alkanes) is 57. The maximum absolute atomic E-state index is 6.56. The molecule has 1 aromatic rings. The predicted octanol–water partition coefficient (Wildman–Crippen LogP) is 26.0. The van der Waals surface area contributed by atoms with Gasteiger partial charge in [-0.05, 0) is 12.0 Å². The van der Waals surface area contributed by atoms with Gasteiger partial charge < -0.3 is 0 Å². The first kappa shape index (κ1) is 65.5. The van der Waals surface area contributed by atoms with Gasteiger partial charge in [-0.15, -0.1) is 11.6 Å². The van der Waals surface area contributed by atoms with E-state index < -0.39 is 0 Å². The lowest BCUT2D eigenvalue weighted by molar-refractivity contribution is 0.506. The molecular weight excluding hydrogens is 840 g/mol. The zero-order valence-electron chi connectivity index (χ0n) is 47.1. The average Bonchev–Trinajstić information content (AvgIpc) is 3.36. The lowest BCUT2D eigenvalue weighted by atomic mass is 10.0. The van der Waals surface area contributed by atoms with Gasteiger partial charge in [0.2, 0.25) is 0 Å². The molecule has 0 spiro atoms. The molecule has 0 fully saturated rings. The molecule has 0 aliphatic heterocycles. The van der Waals surface area contributed by atoms with E-state index >= 15 is 0 Å². The molecule has 0 amide bonds. The highest BCUT2D eigenvalue weighted by atomic mass is 35.5. The van der Waals surface area contributed by atoms with Crippen molar-refractivity contribution in [1.82, 2.24) is 0 Å². The largest absolute Gasteiger partial charge is 0.118 e. The average molecular weight is 968 g/mol. The maximum atomic E-state index is 6.56. The summed E-state index contributed by atoms with van der Waals surface area (Å²) in [6.45, 7) is 2.31. The number of hydrogen-bond donors (Lipinski definition) is 0. The van der Waals surface area contributed by atoms with Gasteiger partial charge in [-0.1, -0.05) is 410 Å². The third-order valence-corrected chi connectivity index (χ3v) is 16.4. The molecule has 0 heterocycles. The molecule has 1 heteroatoms. The Morgan fingerprint density at radius 2 is 0.368 bits per heavy atom. The van der Waals surface area contributed by atoms with Gasteiger partial charge >= 0.3 is 0 Å². The summed E-state index contributed by atoms with van der Waals surface area (Å²) in [5, 5.41) is 0.192. The molecule has 0 aliphatic carbocycles. The monoisotopic (exact) mass is 967 g/mol. The van der Waals surface area contributed by atoms with Crippen molar-refractivity contribution in [1.29, 1.82) is 0 Å². The number of rotatable bonds is 60. The van der Waals surface area contributed by atoms with E-state index in [9.17, 15) is 0 Å². The molecule has 1 atom stereocenters. The SMILES string of the molecule is CCCCCCCCCCCCCCCCCCCCCCCCCCCCCCCCCCCCCCCCCCCCCCCCCCCCCCCCCCCCC(Cl)c1ccccc1. The minimum Gasteiger partial charge on any atom is -0.118 e. The van der Waals surface area contributed by atoms with Crippen LogP contribution in [0.4, 0.5) is 0 Å². The van der Waals surface area contributed by atoms with Gasteiger partial charge in [0.05, 0.1) is 5.38 Å². The highest BCUT2D eigenvalue weighted by molar-refractivity contribution is 6.20. The molecule has 0 bridgehead atoms. The molecule has 0 aliphatic rings. The van der Waals surface area contributed by atoms with Gasteiger partial charge in [0, 0.05) is 0 Å². The highest BCUT2D eigenvalue weighted by Gasteiger charge is 2.06. The van der Waals surface area contributed by atoms with Gasteiger partial charge in [0.25, 0.3) is 0 Å². The Hall–Kier alpha value is -0.490. The normalized spacial score (nSPS) is 12.1. The van der Waals surface area contributed by atoms with Crippen LogP contribution in [0.2, 0.25) is 0 Å². The molecule has 1 aromatic carbocycles. The molecule has 1 unspecified atom stereocenters. The Morgan fingerprint density at radius 3 is 0.529 bits per heavy atom. The Labute approximate surface area is 436 Å². The number of hydrogen-bond acceptors (Lipinski definition) is 0. The molecule has 0 radical (unpaired) electrons. The standard InChI is InChI=1S/C67H127Cl/c1-2-3-4-5-6-7-8-9-10-11-12-13-14-15-16-17-18-19-20-21-22-23-24-25-26-27-28-29-30-31-32-33-34-35-36-37-38-39-40-41-42-43-44-45-46-47-48-49-50-51-52-53-54-55-56-57-58-62-65-67(68)66-63-60-59-61-64-66/h59-61,63-64,67H,2-58,62,65H2,1H3. The summed E-state index contributed by atoms with van der Waals surface area (Å²) in [6, 6.07) is 10.6. The first-order valence-electron chi connectivity index (χ1n) is 32.5. The summed E-state index contributed by atoms with van der Waals surface area (Å²) in [6.07, 6.45) is 86.7. The molecule has 0 saturated heterocycles. The van der Waals surface area contributed by atoms with Gasteiger partial charge in [0.1, 0.15) is 0 Å². The predicted molar refractivity (Wildman–Crippen MR) is 313 cm³/mol. The van der Waals surface area contributed by atoms with E-state index in [1.165, 1.54) is 378 Å². The Balaban J connectivity index is 1.60. The summed E-state index contributed by atoms with van der Waals surface area (Å²) in [5.74, 6) is 0. The maximum Gasteiger partial charge on any atom is 0.0585 e. The van der Waals surface area contributed by atoms with Crippen molar-refractivity contribution in [3.05, 3.63) is 35.9 Å². The van der Waals surface area contributed by atoms with Crippen LogP contribution in [-0.4, -0.2) is 0 Å². The van der Waals surface area contributed by atoms with Crippen molar-refractivity contribution >= 4 is 11.6 Å². The van der Waals surface area contributed by atoms with Crippen molar-refractivity contribution in [3.8, 4) is 0 Å². The topological polar surface area (TPSA) is 0 Å². The fourth-order valence-electron chi connectivity index (χ4n) is 11.1. The van der Waals surface area contributed by atoms with E-state index in [2.05, 4.69) is 37.3 Å². The van der Waals surface area contributed by atoms with E-state index in [1.807, 2.05) is 0 Å². The lowest BCUT2D eigenvalue weighted by Gasteiger charge is -2.09. The second-order valence-corrected chi connectivity index (χ2v) is 23.3. The fraction of sp³-hybridized carbons (Fsp3) is 0.910. The molecule has 0 nitrogen and oxygen atoms in total. The second-order valence-electron chi connectivity index (χ2n) is 22.8. The van der Waals surface area contributed by atoms with Crippen LogP contribution in [0.15, 0.2) is 30.3 Å². The quantitative estimate of drug-likeness (QED) is 0.0451. The smallest absolute Gasteiger partial charge is 0.0585 e. The van der Waals surface area contributed by atoms with Crippen LogP contribution in [0.1, 0.15) is 397 Å². The lowest BCUT2D eigenvalue weighted by Crippen LogP contribution is -1.90. The van der Waals surface area contributed by atoms with E-state index in [4.69, 9.17) is 11.6 Å². The molecular formula is C67H127Cl. The molecule has 402 valence electrons. The van der Waals surface area contributed by atoms with E-state index in [1.54, 1.807) is 0 Å².